The number of hydrogen-bond donors (Lipinski definition) is 1. The standard InChI is InChI=1S/C17H20FNO4/c1-11(23-13-4-2-3-12(18)9-13)15(20)19-7-5-17(6-8-19)10-14(17)16(21)22/h2-4,9,11,14H,5-8,10H2,1H3,(H,21,22). The Morgan fingerprint density at radius 1 is 1.39 bits per heavy atom. The molecule has 3 rings (SSSR count). The highest BCUT2D eigenvalue weighted by molar-refractivity contribution is 5.81. The zero-order valence-electron chi connectivity index (χ0n) is 13.0. The van der Waals surface area contributed by atoms with Crippen molar-refractivity contribution < 1.29 is 23.8 Å². The van der Waals surface area contributed by atoms with Crippen molar-refractivity contribution in [3.8, 4) is 5.75 Å². The molecule has 1 spiro atoms. The van der Waals surface area contributed by atoms with E-state index in [2.05, 4.69) is 0 Å². The van der Waals surface area contributed by atoms with Crippen LogP contribution < -0.4 is 4.74 Å². The van der Waals surface area contributed by atoms with Gasteiger partial charge in [0.25, 0.3) is 5.91 Å². The van der Waals surface area contributed by atoms with Crippen LogP contribution in [-0.4, -0.2) is 41.1 Å². The first kappa shape index (κ1) is 15.8. The number of carboxylic acids is 1. The Morgan fingerprint density at radius 3 is 2.65 bits per heavy atom. The molecule has 2 aliphatic rings. The van der Waals surface area contributed by atoms with Gasteiger partial charge in [-0.2, -0.15) is 0 Å². The number of carbonyl (C=O) groups is 2. The number of ether oxygens (including phenoxy) is 1. The second kappa shape index (κ2) is 5.83. The fraction of sp³-hybridized carbons (Fsp3) is 0.529. The molecule has 6 heteroatoms. The molecule has 0 bridgehead atoms. The van der Waals surface area contributed by atoms with Crippen LogP contribution in [0.1, 0.15) is 26.2 Å². The number of rotatable bonds is 4. The molecule has 1 heterocycles. The van der Waals surface area contributed by atoms with Gasteiger partial charge in [-0.05, 0) is 43.7 Å². The van der Waals surface area contributed by atoms with Crippen molar-refractivity contribution in [2.24, 2.45) is 11.3 Å². The number of carboxylic acid groups (broad SMARTS) is 1. The van der Waals surface area contributed by atoms with E-state index in [9.17, 15) is 14.0 Å². The van der Waals surface area contributed by atoms with Crippen LogP contribution in [-0.2, 0) is 9.59 Å². The third-order valence-electron chi connectivity index (χ3n) is 5.02. The van der Waals surface area contributed by atoms with Crippen molar-refractivity contribution >= 4 is 11.9 Å². The van der Waals surface area contributed by atoms with Gasteiger partial charge < -0.3 is 14.7 Å². The molecule has 0 aromatic heterocycles. The second-order valence-corrected chi connectivity index (χ2v) is 6.50. The Labute approximate surface area is 134 Å². The first-order valence-corrected chi connectivity index (χ1v) is 7.85. The van der Waals surface area contributed by atoms with Crippen molar-refractivity contribution in [1.29, 1.82) is 0 Å². The molecule has 1 N–H and O–H groups in total. The van der Waals surface area contributed by atoms with E-state index >= 15 is 0 Å². The van der Waals surface area contributed by atoms with Gasteiger partial charge in [-0.25, -0.2) is 4.39 Å². The molecule has 1 saturated carbocycles. The highest BCUT2D eigenvalue weighted by atomic mass is 19.1. The van der Waals surface area contributed by atoms with Gasteiger partial charge in [-0.1, -0.05) is 6.07 Å². The maximum Gasteiger partial charge on any atom is 0.307 e. The molecule has 2 atom stereocenters. The Balaban J connectivity index is 1.54. The first-order chi connectivity index (χ1) is 10.9. The summed E-state index contributed by atoms with van der Waals surface area (Å²) in [5, 5.41) is 9.09. The Hall–Kier alpha value is -2.11. The van der Waals surface area contributed by atoms with Crippen molar-refractivity contribution in [3.05, 3.63) is 30.1 Å². The van der Waals surface area contributed by atoms with Crippen LogP contribution in [0.5, 0.6) is 5.75 Å². The van der Waals surface area contributed by atoms with Crippen LogP contribution in [0.3, 0.4) is 0 Å². The molecule has 23 heavy (non-hydrogen) atoms. The monoisotopic (exact) mass is 321 g/mol. The summed E-state index contributed by atoms with van der Waals surface area (Å²) in [5.41, 5.74) is -0.102. The zero-order valence-corrected chi connectivity index (χ0v) is 13.0. The van der Waals surface area contributed by atoms with Crippen molar-refractivity contribution in [3.63, 3.8) is 0 Å². The molecule has 1 amide bonds. The summed E-state index contributed by atoms with van der Waals surface area (Å²) in [6.45, 7) is 2.76. The van der Waals surface area contributed by atoms with E-state index in [1.807, 2.05) is 0 Å². The lowest BCUT2D eigenvalue weighted by Gasteiger charge is -2.34. The highest BCUT2D eigenvalue weighted by Gasteiger charge is 2.59. The number of nitrogens with zero attached hydrogens (tertiary/aromatic N) is 1. The smallest absolute Gasteiger partial charge is 0.307 e. The largest absolute Gasteiger partial charge is 0.481 e. The summed E-state index contributed by atoms with van der Waals surface area (Å²) in [7, 11) is 0. The summed E-state index contributed by atoms with van der Waals surface area (Å²) in [4.78, 5) is 25.2. The van der Waals surface area contributed by atoms with Gasteiger partial charge in [-0.15, -0.1) is 0 Å². The molecule has 1 aromatic rings. The molecule has 5 nitrogen and oxygen atoms in total. The minimum Gasteiger partial charge on any atom is -0.481 e. The number of hydrogen-bond acceptors (Lipinski definition) is 3. The highest BCUT2D eigenvalue weighted by Crippen LogP contribution is 2.59. The van der Waals surface area contributed by atoms with Crippen LogP contribution in [0, 0.1) is 17.2 Å². The van der Waals surface area contributed by atoms with Crippen LogP contribution >= 0.6 is 0 Å². The predicted molar refractivity (Wildman–Crippen MR) is 80.5 cm³/mol. The van der Waals surface area contributed by atoms with Gasteiger partial charge in [0, 0.05) is 19.2 Å². The van der Waals surface area contributed by atoms with E-state index in [1.165, 1.54) is 18.2 Å². The van der Waals surface area contributed by atoms with E-state index in [4.69, 9.17) is 9.84 Å². The number of benzene rings is 1. The molecule has 0 radical (unpaired) electrons. The summed E-state index contributed by atoms with van der Waals surface area (Å²) in [5.74, 6) is -1.20. The molecular weight excluding hydrogens is 301 g/mol. The molecule has 1 aromatic carbocycles. The van der Waals surface area contributed by atoms with Crippen LogP contribution in [0.4, 0.5) is 4.39 Å². The zero-order chi connectivity index (χ0) is 16.6. The fourth-order valence-corrected chi connectivity index (χ4v) is 3.47. The van der Waals surface area contributed by atoms with Gasteiger partial charge in [-0.3, -0.25) is 9.59 Å². The minimum absolute atomic E-state index is 0.102. The number of piperidine rings is 1. The van der Waals surface area contributed by atoms with Crippen molar-refractivity contribution in [1.82, 2.24) is 4.90 Å². The lowest BCUT2D eigenvalue weighted by Crippen LogP contribution is -2.45. The van der Waals surface area contributed by atoms with Crippen molar-refractivity contribution in [2.75, 3.05) is 13.1 Å². The lowest BCUT2D eigenvalue weighted by molar-refractivity contribution is -0.141. The third kappa shape index (κ3) is 3.16. The molecule has 2 unspecified atom stereocenters. The van der Waals surface area contributed by atoms with E-state index in [-0.39, 0.29) is 17.2 Å². The van der Waals surface area contributed by atoms with Gasteiger partial charge in [0.15, 0.2) is 6.10 Å². The summed E-state index contributed by atoms with van der Waals surface area (Å²) in [6.07, 6.45) is 1.48. The number of aliphatic carboxylic acids is 1. The van der Waals surface area contributed by atoms with E-state index < -0.39 is 17.9 Å². The predicted octanol–water partition coefficient (Wildman–Crippen LogP) is 2.31. The topological polar surface area (TPSA) is 66.8 Å². The van der Waals surface area contributed by atoms with Gasteiger partial charge >= 0.3 is 5.97 Å². The maximum atomic E-state index is 13.1. The van der Waals surface area contributed by atoms with E-state index in [0.717, 1.165) is 19.3 Å². The second-order valence-electron chi connectivity index (χ2n) is 6.50. The normalized spacial score (nSPS) is 23.4. The molecule has 1 aliphatic carbocycles. The Bertz CT molecular complexity index is 625. The number of likely N-dealkylation sites (tertiary alicyclic amines) is 1. The van der Waals surface area contributed by atoms with E-state index in [0.29, 0.717) is 18.8 Å². The molecule has 2 fully saturated rings. The number of carbonyl (C=O) groups excluding carboxylic acids is 1. The van der Waals surface area contributed by atoms with Crippen LogP contribution in [0.15, 0.2) is 24.3 Å². The Morgan fingerprint density at radius 2 is 2.09 bits per heavy atom. The number of halogens is 1. The lowest BCUT2D eigenvalue weighted by atomic mass is 9.90. The SMILES string of the molecule is CC(Oc1cccc(F)c1)C(=O)N1CCC2(CC1)CC2C(=O)O. The van der Waals surface area contributed by atoms with Gasteiger partial charge in [0.2, 0.25) is 0 Å². The average molecular weight is 321 g/mol. The molecule has 1 saturated heterocycles. The van der Waals surface area contributed by atoms with Crippen LogP contribution in [0.25, 0.3) is 0 Å². The molecule has 1 aliphatic heterocycles. The molecule has 124 valence electrons. The average Bonchev–Trinajstić information content (AvgIpc) is 3.21. The third-order valence-corrected chi connectivity index (χ3v) is 5.02. The van der Waals surface area contributed by atoms with E-state index in [1.54, 1.807) is 17.9 Å². The fourth-order valence-electron chi connectivity index (χ4n) is 3.47. The van der Waals surface area contributed by atoms with Gasteiger partial charge in [0.05, 0.1) is 5.92 Å². The summed E-state index contributed by atoms with van der Waals surface area (Å²) in [6, 6.07) is 5.71. The summed E-state index contributed by atoms with van der Waals surface area (Å²) >= 11 is 0. The molecular formula is C17H20FNO4. The minimum atomic E-state index is -0.729. The van der Waals surface area contributed by atoms with Crippen molar-refractivity contribution in [2.45, 2.75) is 32.3 Å². The first-order valence-electron chi connectivity index (χ1n) is 7.85. The quantitative estimate of drug-likeness (QED) is 0.924. The number of amides is 1. The van der Waals surface area contributed by atoms with Gasteiger partial charge in [0.1, 0.15) is 11.6 Å². The Kier molecular flexibility index (Phi) is 4.00. The maximum absolute atomic E-state index is 13.1. The summed E-state index contributed by atoms with van der Waals surface area (Å²) < 4.78 is 18.7. The van der Waals surface area contributed by atoms with Crippen LogP contribution in [0.2, 0.25) is 0 Å².